The number of ether oxygens (including phenoxy) is 3. The first-order valence-corrected chi connectivity index (χ1v) is 8.54. The predicted molar refractivity (Wildman–Crippen MR) is 100 cm³/mol. The summed E-state index contributed by atoms with van der Waals surface area (Å²) in [6, 6.07) is 8.40. The average Bonchev–Trinajstić information content (AvgIpc) is 2.69. The summed E-state index contributed by atoms with van der Waals surface area (Å²) in [6.45, 7) is 2.02. The molecule has 0 saturated carbocycles. The van der Waals surface area contributed by atoms with E-state index in [-0.39, 0.29) is 5.60 Å². The number of allylic oxidation sites excluding steroid dienone is 2. The van der Waals surface area contributed by atoms with Crippen LogP contribution in [0.5, 0.6) is 0 Å². The van der Waals surface area contributed by atoms with Crippen LogP contribution in [0, 0.1) is 0 Å². The molecule has 0 N–H and O–H groups in total. The van der Waals surface area contributed by atoms with Gasteiger partial charge in [-0.15, -0.1) is 0 Å². The van der Waals surface area contributed by atoms with Gasteiger partial charge in [-0.05, 0) is 60.9 Å². The van der Waals surface area contributed by atoms with Crippen LogP contribution in [0.25, 0.3) is 0 Å². The Balaban J connectivity index is 1.93. The molecule has 0 amide bonds. The third kappa shape index (κ3) is 3.15. The molecular weight excluding hydrogens is 312 g/mol. The van der Waals surface area contributed by atoms with Crippen molar-refractivity contribution in [3.8, 4) is 0 Å². The maximum absolute atomic E-state index is 5.85. The third-order valence-corrected chi connectivity index (χ3v) is 5.23. The quantitative estimate of drug-likeness (QED) is 0.744. The summed E-state index contributed by atoms with van der Waals surface area (Å²) in [6.07, 6.45) is 17.6. The largest absolute Gasteiger partial charge is 0.370 e. The molecule has 0 aromatic heterocycles. The molecule has 2 aliphatic rings. The fourth-order valence-electron chi connectivity index (χ4n) is 3.33. The lowest BCUT2D eigenvalue weighted by atomic mass is 9.83. The second-order valence-electron chi connectivity index (χ2n) is 6.67. The molecule has 0 radical (unpaired) electrons. The smallest absolute Gasteiger partial charge is 0.129 e. The lowest BCUT2D eigenvalue weighted by molar-refractivity contribution is 0.0503. The Bertz CT molecular complexity index is 696. The summed E-state index contributed by atoms with van der Waals surface area (Å²) in [7, 11) is 5.17. The minimum Gasteiger partial charge on any atom is -0.370 e. The van der Waals surface area contributed by atoms with Crippen molar-refractivity contribution < 1.29 is 14.2 Å². The van der Waals surface area contributed by atoms with Crippen molar-refractivity contribution in [2.24, 2.45) is 0 Å². The van der Waals surface area contributed by atoms with Gasteiger partial charge < -0.3 is 14.2 Å². The molecule has 0 saturated heterocycles. The fraction of sp³-hybridized carbons (Fsp3) is 0.364. The first-order chi connectivity index (χ1) is 12.0. The maximum Gasteiger partial charge on any atom is 0.129 e. The Kier molecular flexibility index (Phi) is 4.83. The molecule has 25 heavy (non-hydrogen) atoms. The SMILES string of the molecule is COC1(C)C=CC(OC)(c2ccc(C3(OC)C=CCC=C3)cc2)C=C1. The summed E-state index contributed by atoms with van der Waals surface area (Å²) in [5.74, 6) is 0. The van der Waals surface area contributed by atoms with Crippen LogP contribution in [0.15, 0.2) is 72.9 Å². The number of hydrogen-bond acceptors (Lipinski definition) is 3. The molecule has 0 unspecified atom stereocenters. The van der Waals surface area contributed by atoms with E-state index in [1.165, 1.54) is 0 Å². The Morgan fingerprint density at radius 1 is 0.640 bits per heavy atom. The summed E-state index contributed by atoms with van der Waals surface area (Å²) in [5, 5.41) is 0. The first-order valence-electron chi connectivity index (χ1n) is 8.54. The van der Waals surface area contributed by atoms with Crippen molar-refractivity contribution in [3.05, 3.63) is 84.0 Å². The number of hydrogen-bond donors (Lipinski definition) is 0. The topological polar surface area (TPSA) is 27.7 Å². The van der Waals surface area contributed by atoms with Crippen molar-refractivity contribution in [2.45, 2.75) is 30.1 Å². The van der Waals surface area contributed by atoms with Crippen LogP contribution in [-0.2, 0) is 25.4 Å². The summed E-state index contributed by atoms with van der Waals surface area (Å²) >= 11 is 0. The van der Waals surface area contributed by atoms with Crippen molar-refractivity contribution in [1.29, 1.82) is 0 Å². The lowest BCUT2D eigenvalue weighted by Gasteiger charge is -2.34. The Morgan fingerprint density at radius 2 is 1.08 bits per heavy atom. The van der Waals surface area contributed by atoms with Crippen LogP contribution in [0.4, 0.5) is 0 Å². The summed E-state index contributed by atoms with van der Waals surface area (Å²) < 4.78 is 17.2. The highest BCUT2D eigenvalue weighted by molar-refractivity contribution is 5.43. The molecule has 2 aliphatic carbocycles. The molecular formula is C22H26O3. The van der Waals surface area contributed by atoms with E-state index < -0.39 is 11.2 Å². The molecule has 3 heteroatoms. The van der Waals surface area contributed by atoms with E-state index in [1.807, 2.05) is 19.1 Å². The minimum absolute atomic E-state index is 0.389. The molecule has 3 rings (SSSR count). The van der Waals surface area contributed by atoms with E-state index >= 15 is 0 Å². The van der Waals surface area contributed by atoms with Crippen LogP contribution >= 0.6 is 0 Å². The fourth-order valence-corrected chi connectivity index (χ4v) is 3.33. The van der Waals surface area contributed by atoms with Crippen molar-refractivity contribution in [1.82, 2.24) is 0 Å². The van der Waals surface area contributed by atoms with Gasteiger partial charge in [-0.1, -0.05) is 36.4 Å². The van der Waals surface area contributed by atoms with Gasteiger partial charge in [0.1, 0.15) is 16.8 Å². The van der Waals surface area contributed by atoms with Crippen LogP contribution in [0.3, 0.4) is 0 Å². The first kappa shape index (κ1) is 17.9. The van der Waals surface area contributed by atoms with E-state index in [0.717, 1.165) is 17.5 Å². The molecule has 0 heterocycles. The number of rotatable bonds is 5. The van der Waals surface area contributed by atoms with Crippen LogP contribution < -0.4 is 0 Å². The molecule has 1 aromatic carbocycles. The molecule has 1 aromatic rings. The average molecular weight is 338 g/mol. The van der Waals surface area contributed by atoms with Gasteiger partial charge in [0.25, 0.3) is 0 Å². The van der Waals surface area contributed by atoms with Gasteiger partial charge in [-0.25, -0.2) is 0 Å². The second-order valence-corrected chi connectivity index (χ2v) is 6.67. The standard InChI is InChI=1S/C22H26O3/c1-20(23-2)14-16-22(25-4,17-15-20)19-10-8-18(9-11-19)21(24-3)12-6-5-7-13-21/h6-17H,5H2,1-4H3. The van der Waals surface area contributed by atoms with Gasteiger partial charge in [-0.3, -0.25) is 0 Å². The highest BCUT2D eigenvalue weighted by atomic mass is 16.5. The molecule has 0 atom stereocenters. The van der Waals surface area contributed by atoms with E-state index in [0.29, 0.717) is 0 Å². The number of methoxy groups -OCH3 is 3. The van der Waals surface area contributed by atoms with Crippen LogP contribution in [-0.4, -0.2) is 26.9 Å². The molecule has 0 bridgehead atoms. The van der Waals surface area contributed by atoms with E-state index in [1.54, 1.807) is 21.3 Å². The highest BCUT2D eigenvalue weighted by Crippen LogP contribution is 2.37. The van der Waals surface area contributed by atoms with Gasteiger partial charge in [0, 0.05) is 21.3 Å². The molecule has 0 spiro atoms. The maximum atomic E-state index is 5.85. The second kappa shape index (κ2) is 6.75. The Morgan fingerprint density at radius 3 is 1.48 bits per heavy atom. The minimum atomic E-state index is -0.574. The van der Waals surface area contributed by atoms with Gasteiger partial charge in [-0.2, -0.15) is 0 Å². The van der Waals surface area contributed by atoms with E-state index in [4.69, 9.17) is 14.2 Å². The molecule has 132 valence electrons. The lowest BCUT2D eigenvalue weighted by Crippen LogP contribution is -2.32. The van der Waals surface area contributed by atoms with Gasteiger partial charge in [0.2, 0.25) is 0 Å². The van der Waals surface area contributed by atoms with Crippen LogP contribution in [0.2, 0.25) is 0 Å². The summed E-state index contributed by atoms with van der Waals surface area (Å²) in [4.78, 5) is 0. The van der Waals surface area contributed by atoms with Gasteiger partial charge in [0.15, 0.2) is 0 Å². The zero-order valence-electron chi connectivity index (χ0n) is 15.4. The highest BCUT2D eigenvalue weighted by Gasteiger charge is 2.34. The zero-order valence-corrected chi connectivity index (χ0v) is 15.4. The summed E-state index contributed by atoms with van der Waals surface area (Å²) in [5.41, 5.74) is 0.723. The normalized spacial score (nSPS) is 29.9. The van der Waals surface area contributed by atoms with Crippen LogP contribution in [0.1, 0.15) is 24.5 Å². The third-order valence-electron chi connectivity index (χ3n) is 5.23. The van der Waals surface area contributed by atoms with Crippen molar-refractivity contribution in [2.75, 3.05) is 21.3 Å². The predicted octanol–water partition coefficient (Wildman–Crippen LogP) is 4.42. The zero-order chi connectivity index (χ0) is 18.0. The van der Waals surface area contributed by atoms with Crippen molar-refractivity contribution >= 4 is 0 Å². The Labute approximate surface area is 150 Å². The Hall–Kier alpha value is -1.94. The molecule has 0 fully saturated rings. The van der Waals surface area contributed by atoms with Crippen molar-refractivity contribution in [3.63, 3.8) is 0 Å². The van der Waals surface area contributed by atoms with E-state index in [9.17, 15) is 0 Å². The molecule has 0 aliphatic heterocycles. The molecule has 3 nitrogen and oxygen atoms in total. The number of benzene rings is 1. The monoisotopic (exact) mass is 338 g/mol. The van der Waals surface area contributed by atoms with Gasteiger partial charge >= 0.3 is 0 Å². The van der Waals surface area contributed by atoms with E-state index in [2.05, 4.69) is 60.7 Å². The van der Waals surface area contributed by atoms with Gasteiger partial charge in [0.05, 0.1) is 0 Å².